The number of amides is 1. The number of pyridine rings is 1. The summed E-state index contributed by atoms with van der Waals surface area (Å²) in [5.41, 5.74) is 2.41. The summed E-state index contributed by atoms with van der Waals surface area (Å²) in [5, 5.41) is 17.4. The van der Waals surface area contributed by atoms with E-state index in [2.05, 4.69) is 42.5 Å². The number of carbonyl (C=O) groups excluding carboxylic acids is 1. The van der Waals surface area contributed by atoms with E-state index in [1.165, 1.54) is 13.0 Å². The van der Waals surface area contributed by atoms with Gasteiger partial charge in [0.1, 0.15) is 11.4 Å². The molecule has 4 rings (SSSR count). The number of halogens is 2. The van der Waals surface area contributed by atoms with Crippen LogP contribution in [0.2, 0.25) is 5.02 Å². The first-order valence-corrected chi connectivity index (χ1v) is 13.1. The highest BCUT2D eigenvalue weighted by Gasteiger charge is 2.46. The molecule has 8 heteroatoms. The van der Waals surface area contributed by atoms with Crippen LogP contribution in [0.15, 0.2) is 30.5 Å². The molecule has 1 amide bonds. The number of hydrogen-bond acceptors (Lipinski definition) is 5. The third kappa shape index (κ3) is 6.36. The minimum Gasteiger partial charge on any atom is -0.471 e. The van der Waals surface area contributed by atoms with Crippen molar-refractivity contribution in [1.29, 1.82) is 0 Å². The van der Waals surface area contributed by atoms with Crippen LogP contribution in [0.1, 0.15) is 76.1 Å². The van der Waals surface area contributed by atoms with Gasteiger partial charge in [0.2, 0.25) is 11.8 Å². The average Bonchev–Trinajstić information content (AvgIpc) is 2.77. The van der Waals surface area contributed by atoms with Crippen molar-refractivity contribution < 1.29 is 19.0 Å². The van der Waals surface area contributed by atoms with Crippen LogP contribution in [0.3, 0.4) is 0 Å². The smallest absolute Gasteiger partial charge is 0.218 e. The van der Waals surface area contributed by atoms with Gasteiger partial charge in [-0.15, -0.1) is 0 Å². The molecule has 6 nitrogen and oxygen atoms in total. The lowest BCUT2D eigenvalue weighted by molar-refractivity contribution is -0.120. The second-order valence-electron chi connectivity index (χ2n) is 11.6. The largest absolute Gasteiger partial charge is 0.471 e. The minimum absolute atomic E-state index is 0.0184. The Morgan fingerprint density at radius 2 is 2.11 bits per heavy atom. The van der Waals surface area contributed by atoms with Crippen LogP contribution in [-0.2, 0) is 17.6 Å². The quantitative estimate of drug-likeness (QED) is 0.463. The zero-order valence-electron chi connectivity index (χ0n) is 21.5. The van der Waals surface area contributed by atoms with Gasteiger partial charge in [-0.2, -0.15) is 0 Å². The van der Waals surface area contributed by atoms with Gasteiger partial charge in [-0.25, -0.2) is 9.37 Å². The molecule has 0 unspecified atom stereocenters. The van der Waals surface area contributed by atoms with Crippen LogP contribution in [-0.4, -0.2) is 40.3 Å². The number of aliphatic hydroxyl groups excluding tert-OH is 1. The maximum Gasteiger partial charge on any atom is 0.218 e. The van der Waals surface area contributed by atoms with Crippen molar-refractivity contribution in [3.63, 3.8) is 0 Å². The van der Waals surface area contributed by atoms with Gasteiger partial charge < -0.3 is 20.5 Å². The Labute approximate surface area is 218 Å². The second-order valence-corrected chi connectivity index (χ2v) is 12.0. The van der Waals surface area contributed by atoms with Gasteiger partial charge in [-0.3, -0.25) is 4.79 Å². The van der Waals surface area contributed by atoms with E-state index in [0.717, 1.165) is 43.2 Å². The van der Waals surface area contributed by atoms with Crippen LogP contribution in [0, 0.1) is 11.2 Å². The zero-order valence-corrected chi connectivity index (χ0v) is 22.3. The van der Waals surface area contributed by atoms with Gasteiger partial charge >= 0.3 is 0 Å². The summed E-state index contributed by atoms with van der Waals surface area (Å²) in [5.74, 6) is -0.162. The van der Waals surface area contributed by atoms with Crippen LogP contribution >= 0.6 is 11.6 Å². The van der Waals surface area contributed by atoms with Gasteiger partial charge in [-0.1, -0.05) is 44.5 Å². The molecular formula is C28H37ClFN3O3. The lowest BCUT2D eigenvalue weighted by atomic mass is 9.73. The Bertz CT molecular complexity index is 1100. The van der Waals surface area contributed by atoms with Crippen molar-refractivity contribution in [3.8, 4) is 5.88 Å². The molecule has 1 spiro atoms. The summed E-state index contributed by atoms with van der Waals surface area (Å²) in [6, 6.07) is 6.20. The van der Waals surface area contributed by atoms with E-state index in [1.54, 1.807) is 12.1 Å². The number of carbonyl (C=O) groups is 1. The highest BCUT2D eigenvalue weighted by atomic mass is 35.5. The van der Waals surface area contributed by atoms with Crippen LogP contribution in [0.25, 0.3) is 0 Å². The Morgan fingerprint density at radius 3 is 2.75 bits per heavy atom. The fourth-order valence-corrected chi connectivity index (χ4v) is 5.43. The second kappa shape index (κ2) is 10.6. The Kier molecular flexibility index (Phi) is 7.93. The van der Waals surface area contributed by atoms with Crippen LogP contribution in [0.5, 0.6) is 5.88 Å². The molecule has 1 aliphatic carbocycles. The maximum absolute atomic E-state index is 14.5. The molecule has 1 saturated carbocycles. The molecule has 3 N–H and O–H groups in total. The molecule has 1 aromatic carbocycles. The molecule has 2 aliphatic rings. The van der Waals surface area contributed by atoms with Crippen molar-refractivity contribution in [1.82, 2.24) is 15.6 Å². The monoisotopic (exact) mass is 517 g/mol. The topological polar surface area (TPSA) is 83.5 Å². The predicted molar refractivity (Wildman–Crippen MR) is 139 cm³/mol. The number of nitrogens with zero attached hydrogens (tertiary/aromatic N) is 1. The van der Waals surface area contributed by atoms with E-state index in [9.17, 15) is 14.3 Å². The van der Waals surface area contributed by atoms with Crippen molar-refractivity contribution in [3.05, 3.63) is 58.0 Å². The van der Waals surface area contributed by atoms with Crippen molar-refractivity contribution in [2.75, 3.05) is 6.54 Å². The summed E-state index contributed by atoms with van der Waals surface area (Å²) in [7, 11) is 0. The van der Waals surface area contributed by atoms with Gasteiger partial charge in [0.15, 0.2) is 0 Å². The third-order valence-electron chi connectivity index (χ3n) is 7.10. The normalized spacial score (nSPS) is 20.1. The first kappa shape index (κ1) is 26.8. The highest BCUT2D eigenvalue weighted by molar-refractivity contribution is 6.30. The summed E-state index contributed by atoms with van der Waals surface area (Å²) in [6.45, 7) is 8.20. The lowest BCUT2D eigenvalue weighted by Gasteiger charge is -2.47. The number of benzene rings is 1. The number of aliphatic hydroxyl groups is 1. The fourth-order valence-electron chi connectivity index (χ4n) is 5.24. The number of aromatic nitrogens is 1. The Hall–Kier alpha value is -2.22. The van der Waals surface area contributed by atoms with E-state index in [4.69, 9.17) is 16.3 Å². The summed E-state index contributed by atoms with van der Waals surface area (Å²) < 4.78 is 20.9. The molecule has 0 radical (unpaired) electrons. The third-order valence-corrected chi connectivity index (χ3v) is 7.39. The number of rotatable bonds is 8. The Morgan fingerprint density at radius 1 is 1.36 bits per heavy atom. The summed E-state index contributed by atoms with van der Waals surface area (Å²) in [4.78, 5) is 16.5. The van der Waals surface area contributed by atoms with Crippen molar-refractivity contribution >= 4 is 17.5 Å². The molecule has 0 saturated heterocycles. The fraction of sp³-hybridized carbons (Fsp3) is 0.571. The molecule has 0 bridgehead atoms. The predicted octanol–water partition coefficient (Wildman–Crippen LogP) is 4.91. The molecule has 36 heavy (non-hydrogen) atoms. The lowest BCUT2D eigenvalue weighted by Crippen LogP contribution is -2.52. The molecule has 196 valence electrons. The van der Waals surface area contributed by atoms with E-state index in [1.807, 2.05) is 6.20 Å². The highest BCUT2D eigenvalue weighted by Crippen LogP contribution is 2.48. The summed E-state index contributed by atoms with van der Waals surface area (Å²) in [6.07, 6.45) is 5.87. The molecular weight excluding hydrogens is 481 g/mol. The van der Waals surface area contributed by atoms with Crippen LogP contribution in [0.4, 0.5) is 4.39 Å². The van der Waals surface area contributed by atoms with E-state index >= 15 is 0 Å². The number of ether oxygens (including phenoxy) is 1. The maximum atomic E-state index is 14.5. The Balaban J connectivity index is 1.52. The molecule has 1 aromatic heterocycles. The SMILES string of the molecule is CC(=O)N[C@@H](Cc1cccc(Cl)c1F)[C@@H](O)CN[C@H]1CC2(CCC2)Oc2ncc(CC(C)(C)C)cc21. The van der Waals surface area contributed by atoms with Gasteiger partial charge in [0.25, 0.3) is 0 Å². The number of fused-ring (bicyclic) bond motifs is 1. The molecule has 1 fully saturated rings. The van der Waals surface area contributed by atoms with Crippen LogP contribution < -0.4 is 15.4 Å². The van der Waals surface area contributed by atoms with Gasteiger partial charge in [0.05, 0.1) is 17.2 Å². The first-order chi connectivity index (χ1) is 16.9. The van der Waals surface area contributed by atoms with E-state index < -0.39 is 18.0 Å². The first-order valence-electron chi connectivity index (χ1n) is 12.7. The van der Waals surface area contributed by atoms with E-state index in [-0.39, 0.29) is 41.0 Å². The van der Waals surface area contributed by atoms with E-state index in [0.29, 0.717) is 11.4 Å². The zero-order chi connectivity index (χ0) is 26.1. The summed E-state index contributed by atoms with van der Waals surface area (Å²) >= 11 is 5.94. The molecule has 2 heterocycles. The number of hydrogen-bond donors (Lipinski definition) is 3. The minimum atomic E-state index is -0.943. The molecule has 2 aromatic rings. The van der Waals surface area contributed by atoms with Crippen molar-refractivity contribution in [2.45, 2.75) is 90.0 Å². The van der Waals surface area contributed by atoms with Gasteiger partial charge in [-0.05, 0) is 60.8 Å². The van der Waals surface area contributed by atoms with Gasteiger partial charge in [0, 0.05) is 37.7 Å². The standard InChI is InChI=1S/C28H37ClFN3O3/c1-17(34)33-22(12-19-7-5-8-21(29)25(19)30)24(35)16-31-23-14-28(9-6-10-28)36-26-20(23)11-18(15-32-26)13-27(2,3)4/h5,7-8,11,15,22-24,31,35H,6,9-10,12-14,16H2,1-4H3,(H,33,34)/t22-,23-,24-/m0/s1. The average molecular weight is 518 g/mol. The van der Waals surface area contributed by atoms with Crippen molar-refractivity contribution in [2.24, 2.45) is 5.41 Å². The molecule has 3 atom stereocenters. The molecule has 1 aliphatic heterocycles. The number of nitrogens with one attached hydrogen (secondary N) is 2.